The molecule has 0 spiro atoms. The van der Waals surface area contributed by atoms with E-state index in [0.717, 1.165) is 19.0 Å². The van der Waals surface area contributed by atoms with Gasteiger partial charge in [0.05, 0.1) is 0 Å². The minimum Gasteiger partial charge on any atom is -0.492 e. The number of nitrogens with zero attached hydrogens (tertiary/aromatic N) is 1. The van der Waals surface area contributed by atoms with Gasteiger partial charge in [-0.15, -0.1) is 0 Å². The van der Waals surface area contributed by atoms with Crippen molar-refractivity contribution in [3.05, 3.63) is 65.2 Å². The van der Waals surface area contributed by atoms with Crippen molar-refractivity contribution in [2.75, 3.05) is 32.8 Å². The summed E-state index contributed by atoms with van der Waals surface area (Å²) in [5, 5.41) is 3.35. The number of hydrogen-bond donors (Lipinski definition) is 2. The Morgan fingerprint density at radius 3 is 2.90 bits per heavy atom. The fourth-order valence-electron chi connectivity index (χ4n) is 4.58. The van der Waals surface area contributed by atoms with Gasteiger partial charge in [-0.25, -0.2) is 8.78 Å². The van der Waals surface area contributed by atoms with Crippen molar-refractivity contribution in [1.29, 1.82) is 0 Å². The molecule has 0 aliphatic carbocycles. The van der Waals surface area contributed by atoms with Gasteiger partial charge in [0.25, 0.3) is 5.91 Å². The average Bonchev–Trinajstić information content (AvgIpc) is 3.11. The largest absolute Gasteiger partial charge is 0.492 e. The highest BCUT2D eigenvalue weighted by atomic mass is 19.1. The Morgan fingerprint density at radius 1 is 1.24 bits per heavy atom. The van der Waals surface area contributed by atoms with E-state index in [1.807, 2.05) is 4.90 Å². The fourth-order valence-corrected chi connectivity index (χ4v) is 4.58. The second kappa shape index (κ2) is 8.47. The number of carbonyl (C=O) groups excluding carboxylic acids is 1. The zero-order chi connectivity index (χ0) is 20.4. The number of rotatable bonds is 5. The van der Waals surface area contributed by atoms with Crippen LogP contribution in [0, 0.1) is 17.6 Å². The number of nitrogens with one attached hydrogen (secondary N) is 1. The van der Waals surface area contributed by atoms with Crippen molar-refractivity contribution in [2.45, 2.75) is 18.4 Å². The third kappa shape index (κ3) is 3.97. The van der Waals surface area contributed by atoms with Crippen LogP contribution >= 0.6 is 0 Å². The van der Waals surface area contributed by atoms with Gasteiger partial charge in [-0.05, 0) is 42.8 Å². The van der Waals surface area contributed by atoms with Crippen LogP contribution < -0.4 is 15.8 Å². The number of nitrogens with two attached hydrogens (primary N) is 1. The van der Waals surface area contributed by atoms with E-state index < -0.39 is 11.6 Å². The summed E-state index contributed by atoms with van der Waals surface area (Å²) in [5.74, 6) is -0.720. The van der Waals surface area contributed by atoms with Gasteiger partial charge in [-0.3, -0.25) is 4.79 Å². The highest BCUT2D eigenvalue weighted by Crippen LogP contribution is 2.41. The van der Waals surface area contributed by atoms with Gasteiger partial charge in [0.2, 0.25) is 0 Å². The molecule has 0 aromatic heterocycles. The van der Waals surface area contributed by atoms with Gasteiger partial charge >= 0.3 is 0 Å². The third-order valence-electron chi connectivity index (χ3n) is 5.89. The number of carbonyl (C=O) groups is 1. The highest BCUT2D eigenvalue weighted by Gasteiger charge is 2.46. The molecular weight excluding hydrogens is 376 g/mol. The molecule has 3 atom stereocenters. The lowest BCUT2D eigenvalue weighted by Gasteiger charge is -2.33. The SMILES string of the molecule is NCCOc1cccc(C(=O)N2C[C@H](c3ccc(F)cc3F)[C@H]3CNCC[C@H]32)c1. The maximum Gasteiger partial charge on any atom is 0.254 e. The Morgan fingerprint density at radius 2 is 2.10 bits per heavy atom. The summed E-state index contributed by atoms with van der Waals surface area (Å²) in [6.07, 6.45) is 0.805. The lowest BCUT2D eigenvalue weighted by atomic mass is 9.82. The molecule has 0 saturated carbocycles. The molecule has 2 aromatic carbocycles. The van der Waals surface area contributed by atoms with Crippen molar-refractivity contribution in [2.24, 2.45) is 11.7 Å². The molecule has 4 rings (SSSR count). The van der Waals surface area contributed by atoms with Crippen LogP contribution in [-0.2, 0) is 0 Å². The van der Waals surface area contributed by atoms with E-state index in [-0.39, 0.29) is 23.8 Å². The van der Waals surface area contributed by atoms with E-state index in [4.69, 9.17) is 10.5 Å². The fraction of sp³-hybridized carbons (Fsp3) is 0.409. The Labute approximate surface area is 168 Å². The van der Waals surface area contributed by atoms with Crippen molar-refractivity contribution >= 4 is 5.91 Å². The predicted molar refractivity (Wildman–Crippen MR) is 106 cm³/mol. The van der Waals surface area contributed by atoms with Crippen molar-refractivity contribution in [3.63, 3.8) is 0 Å². The molecule has 29 heavy (non-hydrogen) atoms. The van der Waals surface area contributed by atoms with Crippen LogP contribution in [-0.4, -0.2) is 49.6 Å². The molecule has 7 heteroatoms. The summed E-state index contributed by atoms with van der Waals surface area (Å²) in [6, 6.07) is 10.8. The Kier molecular flexibility index (Phi) is 5.78. The van der Waals surface area contributed by atoms with Crippen LogP contribution in [0.25, 0.3) is 0 Å². The topological polar surface area (TPSA) is 67.6 Å². The first-order chi connectivity index (χ1) is 14.1. The number of ether oxygens (including phenoxy) is 1. The molecule has 2 aliphatic rings. The standard InChI is InChI=1S/C22H25F2N3O2/c23-15-4-5-17(20(24)11-15)19-13-27(21-6-8-26-12-18(19)21)22(28)14-2-1-3-16(10-14)29-9-7-25/h1-5,10-11,18-19,21,26H,6-9,12-13,25H2/t18-,19-,21-/m1/s1. The minimum atomic E-state index is -0.593. The number of amides is 1. The third-order valence-corrected chi connectivity index (χ3v) is 5.89. The molecule has 0 radical (unpaired) electrons. The zero-order valence-electron chi connectivity index (χ0n) is 16.1. The number of benzene rings is 2. The van der Waals surface area contributed by atoms with Crippen LogP contribution in [0.1, 0.15) is 28.3 Å². The van der Waals surface area contributed by atoms with Crippen molar-refractivity contribution in [3.8, 4) is 5.75 Å². The normalized spacial score (nSPS) is 23.7. The zero-order valence-corrected chi connectivity index (χ0v) is 16.1. The summed E-state index contributed by atoms with van der Waals surface area (Å²) in [4.78, 5) is 15.2. The molecule has 0 bridgehead atoms. The van der Waals surface area contributed by atoms with E-state index in [2.05, 4.69) is 5.32 Å². The van der Waals surface area contributed by atoms with E-state index in [9.17, 15) is 13.6 Å². The first-order valence-electron chi connectivity index (χ1n) is 9.98. The molecular formula is C22H25F2N3O2. The number of likely N-dealkylation sites (tertiary alicyclic amines) is 1. The van der Waals surface area contributed by atoms with Crippen molar-refractivity contribution < 1.29 is 18.3 Å². The number of hydrogen-bond acceptors (Lipinski definition) is 4. The van der Waals surface area contributed by atoms with Gasteiger partial charge in [0, 0.05) is 49.1 Å². The Balaban J connectivity index is 1.61. The maximum atomic E-state index is 14.5. The molecule has 0 unspecified atom stereocenters. The molecule has 154 valence electrons. The summed E-state index contributed by atoms with van der Waals surface area (Å²) < 4.78 is 33.4. The smallest absolute Gasteiger partial charge is 0.254 e. The van der Waals surface area contributed by atoms with Gasteiger partial charge in [0.15, 0.2) is 0 Å². The molecule has 2 aromatic rings. The van der Waals surface area contributed by atoms with Gasteiger partial charge < -0.3 is 20.7 Å². The highest BCUT2D eigenvalue weighted by molar-refractivity contribution is 5.95. The van der Waals surface area contributed by atoms with E-state index in [1.165, 1.54) is 12.1 Å². The molecule has 2 saturated heterocycles. The molecule has 2 heterocycles. The quantitative estimate of drug-likeness (QED) is 0.808. The van der Waals surface area contributed by atoms with E-state index >= 15 is 0 Å². The number of halogens is 2. The average molecular weight is 401 g/mol. The van der Waals surface area contributed by atoms with Gasteiger partial charge in [-0.1, -0.05) is 12.1 Å². The summed E-state index contributed by atoms with van der Waals surface area (Å²) in [6.45, 7) is 2.70. The Hall–Kier alpha value is -2.51. The first kappa shape index (κ1) is 19.8. The predicted octanol–water partition coefficient (Wildman–Crippen LogP) is 2.52. The molecule has 1 amide bonds. The van der Waals surface area contributed by atoms with E-state index in [0.29, 0.717) is 43.1 Å². The van der Waals surface area contributed by atoms with Crippen LogP contribution in [0.4, 0.5) is 8.78 Å². The second-order valence-corrected chi connectivity index (χ2v) is 7.62. The summed E-state index contributed by atoms with van der Waals surface area (Å²) >= 11 is 0. The maximum absolute atomic E-state index is 14.5. The monoisotopic (exact) mass is 401 g/mol. The lowest BCUT2D eigenvalue weighted by Crippen LogP contribution is -2.46. The van der Waals surface area contributed by atoms with E-state index in [1.54, 1.807) is 24.3 Å². The lowest BCUT2D eigenvalue weighted by molar-refractivity contribution is 0.0697. The van der Waals surface area contributed by atoms with Crippen molar-refractivity contribution in [1.82, 2.24) is 10.2 Å². The van der Waals surface area contributed by atoms with Crippen LogP contribution in [0.2, 0.25) is 0 Å². The second-order valence-electron chi connectivity index (χ2n) is 7.62. The minimum absolute atomic E-state index is 0.0202. The van der Waals surface area contributed by atoms with Crippen LogP contribution in [0.3, 0.4) is 0 Å². The molecule has 2 fully saturated rings. The van der Waals surface area contributed by atoms with Gasteiger partial charge in [-0.2, -0.15) is 0 Å². The first-order valence-corrected chi connectivity index (χ1v) is 9.98. The molecule has 2 aliphatic heterocycles. The van der Waals surface area contributed by atoms with Crippen LogP contribution in [0.15, 0.2) is 42.5 Å². The van der Waals surface area contributed by atoms with Gasteiger partial charge in [0.1, 0.15) is 24.0 Å². The summed E-state index contributed by atoms with van der Waals surface area (Å²) in [5.41, 5.74) is 6.49. The number of piperidine rings is 1. The molecule has 5 nitrogen and oxygen atoms in total. The number of fused-ring (bicyclic) bond motifs is 1. The summed E-state index contributed by atoms with van der Waals surface area (Å²) in [7, 11) is 0. The van der Waals surface area contributed by atoms with Crippen LogP contribution in [0.5, 0.6) is 5.75 Å². The molecule has 3 N–H and O–H groups in total. The Bertz CT molecular complexity index is 892.